The van der Waals surface area contributed by atoms with Crippen LogP contribution in [0.4, 0.5) is 4.39 Å². The van der Waals surface area contributed by atoms with Crippen LogP contribution in [0, 0.1) is 10.9 Å². The van der Waals surface area contributed by atoms with Crippen LogP contribution < -0.4 is 10.6 Å². The van der Waals surface area contributed by atoms with Crippen molar-refractivity contribution in [3.63, 3.8) is 0 Å². The van der Waals surface area contributed by atoms with E-state index in [4.69, 9.17) is 10.5 Å². The van der Waals surface area contributed by atoms with E-state index in [-0.39, 0.29) is 5.41 Å². The van der Waals surface area contributed by atoms with E-state index in [0.29, 0.717) is 12.2 Å². The quantitative estimate of drug-likeness (QED) is 0.199. The van der Waals surface area contributed by atoms with Crippen molar-refractivity contribution in [1.82, 2.24) is 29.6 Å². The summed E-state index contributed by atoms with van der Waals surface area (Å²) in [5.41, 5.74) is 13.3. The molecule has 3 aliphatic carbocycles. The lowest BCUT2D eigenvalue weighted by atomic mass is 9.42. The second-order valence-corrected chi connectivity index (χ2v) is 11.6. The normalized spacial score (nSPS) is 22.4. The maximum absolute atomic E-state index is 13.7. The molecule has 5 aromatic rings. The molecule has 5 aromatic heterocycles. The van der Waals surface area contributed by atoms with Gasteiger partial charge < -0.3 is 19.6 Å². The van der Waals surface area contributed by atoms with Crippen LogP contribution in [0.3, 0.4) is 0 Å². The maximum atomic E-state index is 13.7. The highest BCUT2D eigenvalue weighted by atomic mass is 32.1. The SMILES string of the molecule is N=N/C(=C\NCc1cn2cc(CNCC34CC(F)(C3)C4)ccc2n1)c1cncc(-n2ccc3sccc32)c1. The first kappa shape index (κ1) is 23.2. The number of fused-ring (bicyclic) bond motifs is 2. The van der Waals surface area contributed by atoms with Crippen LogP contribution in [-0.2, 0) is 13.1 Å². The topological polar surface area (TPSA) is 95.4 Å². The first-order valence-electron chi connectivity index (χ1n) is 12.7. The van der Waals surface area contributed by atoms with Gasteiger partial charge in [0.15, 0.2) is 0 Å². The molecule has 0 aromatic carbocycles. The molecule has 0 amide bonds. The Morgan fingerprint density at radius 2 is 2.05 bits per heavy atom. The largest absolute Gasteiger partial charge is 0.383 e. The second kappa shape index (κ2) is 8.85. The zero-order valence-electron chi connectivity index (χ0n) is 20.7. The Hall–Kier alpha value is -3.89. The molecule has 0 aliphatic heterocycles. The lowest BCUT2D eigenvalue weighted by Crippen LogP contribution is -2.67. The molecular weight excluding hydrogens is 499 g/mol. The van der Waals surface area contributed by atoms with Crippen LogP contribution in [0.15, 0.2) is 78.0 Å². The molecule has 3 aliphatic rings. The Bertz CT molecular complexity index is 1680. The van der Waals surface area contributed by atoms with Gasteiger partial charge in [0.05, 0.1) is 34.3 Å². The third kappa shape index (κ3) is 4.10. The van der Waals surface area contributed by atoms with Crippen molar-refractivity contribution in [2.24, 2.45) is 10.5 Å². The molecule has 0 radical (unpaired) electrons. The number of pyridine rings is 2. The molecule has 0 unspecified atom stereocenters. The van der Waals surface area contributed by atoms with E-state index in [1.807, 2.05) is 35.1 Å². The Labute approximate surface area is 222 Å². The number of hydrogen-bond donors (Lipinski definition) is 3. The molecule has 10 heteroatoms. The van der Waals surface area contributed by atoms with Gasteiger partial charge in [-0.1, -0.05) is 6.07 Å². The molecule has 3 N–H and O–H groups in total. The number of hydrogen-bond acceptors (Lipinski definition) is 7. The molecular formula is C28H27FN8S. The molecule has 192 valence electrons. The van der Waals surface area contributed by atoms with Gasteiger partial charge in [0.25, 0.3) is 0 Å². The molecule has 38 heavy (non-hydrogen) atoms. The van der Waals surface area contributed by atoms with Crippen molar-refractivity contribution in [3.8, 4) is 5.69 Å². The molecule has 0 saturated heterocycles. The minimum atomic E-state index is -0.840. The molecule has 5 heterocycles. The minimum absolute atomic E-state index is 0.209. The first-order valence-corrected chi connectivity index (χ1v) is 13.6. The first-order chi connectivity index (χ1) is 18.5. The molecule has 8 rings (SSSR count). The minimum Gasteiger partial charge on any atom is -0.383 e. The Kier molecular flexibility index (Phi) is 5.41. The van der Waals surface area contributed by atoms with Crippen molar-refractivity contribution < 1.29 is 4.39 Å². The van der Waals surface area contributed by atoms with E-state index in [1.54, 1.807) is 23.7 Å². The van der Waals surface area contributed by atoms with E-state index in [2.05, 4.69) is 55.1 Å². The second-order valence-electron chi connectivity index (χ2n) is 10.6. The van der Waals surface area contributed by atoms with Gasteiger partial charge in [-0.05, 0) is 59.9 Å². The van der Waals surface area contributed by atoms with Gasteiger partial charge in [0.1, 0.15) is 17.0 Å². The van der Waals surface area contributed by atoms with Crippen LogP contribution >= 0.6 is 11.3 Å². The van der Waals surface area contributed by atoms with Crippen LogP contribution in [0.2, 0.25) is 0 Å². The number of thiophene rings is 1. The fourth-order valence-electron chi connectivity index (χ4n) is 6.02. The van der Waals surface area contributed by atoms with Gasteiger partial charge in [-0.25, -0.2) is 14.9 Å². The van der Waals surface area contributed by atoms with Gasteiger partial charge in [0, 0.05) is 49.6 Å². The summed E-state index contributed by atoms with van der Waals surface area (Å²) in [6.07, 6.45) is 13.5. The third-order valence-electron chi connectivity index (χ3n) is 7.71. The van der Waals surface area contributed by atoms with Crippen molar-refractivity contribution in [1.29, 1.82) is 5.53 Å². The summed E-state index contributed by atoms with van der Waals surface area (Å²) in [6, 6.07) is 10.3. The number of alkyl halides is 1. The van der Waals surface area contributed by atoms with Gasteiger partial charge in [-0.15, -0.1) is 11.3 Å². The third-order valence-corrected chi connectivity index (χ3v) is 8.59. The number of nitrogens with zero attached hydrogens (tertiary/aromatic N) is 5. The van der Waals surface area contributed by atoms with E-state index < -0.39 is 5.67 Å². The average Bonchev–Trinajstić information content (AvgIpc) is 3.60. The van der Waals surface area contributed by atoms with Crippen molar-refractivity contribution in [2.45, 2.75) is 38.0 Å². The fourth-order valence-corrected chi connectivity index (χ4v) is 6.79. The van der Waals surface area contributed by atoms with E-state index in [1.165, 1.54) is 10.3 Å². The number of imidazole rings is 1. The van der Waals surface area contributed by atoms with Gasteiger partial charge in [0.2, 0.25) is 0 Å². The number of aromatic nitrogens is 4. The highest BCUT2D eigenvalue weighted by Gasteiger charge is 2.68. The Morgan fingerprint density at radius 3 is 2.89 bits per heavy atom. The lowest BCUT2D eigenvalue weighted by Gasteiger charge is -2.66. The fraction of sp³-hybridized carbons (Fsp3) is 0.286. The molecule has 2 bridgehead atoms. The average molecular weight is 527 g/mol. The zero-order chi connectivity index (χ0) is 25.7. The molecule has 3 saturated carbocycles. The highest BCUT2D eigenvalue weighted by molar-refractivity contribution is 7.17. The Morgan fingerprint density at radius 1 is 1.16 bits per heavy atom. The summed E-state index contributed by atoms with van der Waals surface area (Å²) < 4.78 is 19.1. The predicted octanol–water partition coefficient (Wildman–Crippen LogP) is 5.84. The number of rotatable bonds is 10. The van der Waals surface area contributed by atoms with Crippen LogP contribution in [0.1, 0.15) is 36.1 Å². The monoisotopic (exact) mass is 526 g/mol. The summed E-state index contributed by atoms with van der Waals surface area (Å²) in [7, 11) is 0. The molecule has 8 nitrogen and oxygen atoms in total. The molecule has 0 atom stereocenters. The lowest BCUT2D eigenvalue weighted by molar-refractivity contribution is -0.209. The van der Waals surface area contributed by atoms with E-state index in [0.717, 1.165) is 60.5 Å². The standard InChI is InChI=1S/C28H27FN8S/c29-28-15-27(16-28,17-28)18-33-8-19-1-2-26-34-21(14-36(26)13-19)10-32-12-23(35-30)20-7-22(11-31-9-20)37-5-3-25-24(37)4-6-38-25/h1-7,9,11-14,30,32-33H,8,10,15-18H2/b23-12-,35-30?. The van der Waals surface area contributed by atoms with Crippen LogP contribution in [0.5, 0.6) is 0 Å². The van der Waals surface area contributed by atoms with Gasteiger partial charge in [-0.3, -0.25) is 4.98 Å². The van der Waals surface area contributed by atoms with Gasteiger partial charge >= 0.3 is 0 Å². The van der Waals surface area contributed by atoms with Crippen LogP contribution in [0.25, 0.3) is 27.2 Å². The van der Waals surface area contributed by atoms with Crippen molar-refractivity contribution in [2.75, 3.05) is 6.54 Å². The Balaban J connectivity index is 0.999. The smallest absolute Gasteiger partial charge is 0.137 e. The number of nitrogens with one attached hydrogen (secondary N) is 3. The number of halogens is 1. The predicted molar refractivity (Wildman–Crippen MR) is 146 cm³/mol. The van der Waals surface area contributed by atoms with E-state index in [9.17, 15) is 4.39 Å². The summed E-state index contributed by atoms with van der Waals surface area (Å²) in [4.78, 5) is 9.08. The van der Waals surface area contributed by atoms with Gasteiger partial charge in [-0.2, -0.15) is 5.11 Å². The molecule has 3 fully saturated rings. The summed E-state index contributed by atoms with van der Waals surface area (Å²) in [5, 5.41) is 12.6. The zero-order valence-corrected chi connectivity index (χ0v) is 21.5. The summed E-state index contributed by atoms with van der Waals surface area (Å²) >= 11 is 1.70. The summed E-state index contributed by atoms with van der Waals surface area (Å²) in [5.74, 6) is 0. The highest BCUT2D eigenvalue weighted by Crippen LogP contribution is 2.69. The van der Waals surface area contributed by atoms with Crippen LogP contribution in [-0.4, -0.2) is 31.1 Å². The maximum Gasteiger partial charge on any atom is 0.137 e. The molecule has 0 spiro atoms. The van der Waals surface area contributed by atoms with E-state index >= 15 is 0 Å². The van der Waals surface area contributed by atoms with Crippen molar-refractivity contribution in [3.05, 3.63) is 89.7 Å². The summed E-state index contributed by atoms with van der Waals surface area (Å²) in [6.45, 7) is 2.14. The van der Waals surface area contributed by atoms with Crippen molar-refractivity contribution >= 4 is 32.9 Å².